The number of hydrogen-bond donors (Lipinski definition) is 2. The molecule has 0 radical (unpaired) electrons. The Morgan fingerprint density at radius 1 is 1.15 bits per heavy atom. The van der Waals surface area contributed by atoms with Crippen LogP contribution >= 0.6 is 0 Å². The van der Waals surface area contributed by atoms with E-state index in [9.17, 15) is 0 Å². The maximum atomic E-state index is 5.98. The van der Waals surface area contributed by atoms with Crippen molar-refractivity contribution in [2.45, 2.75) is 76.3 Å². The molecule has 2 aliphatic carbocycles. The molecule has 0 aromatic heterocycles. The fourth-order valence-corrected chi connectivity index (χ4v) is 3.91. The summed E-state index contributed by atoms with van der Waals surface area (Å²) in [5.74, 6) is 0. The molecule has 0 amide bonds. The molecule has 0 unspecified atom stereocenters. The highest BCUT2D eigenvalue weighted by Gasteiger charge is 2.27. The van der Waals surface area contributed by atoms with E-state index in [0.29, 0.717) is 17.5 Å². The first-order chi connectivity index (χ1) is 9.54. The van der Waals surface area contributed by atoms with Gasteiger partial charge >= 0.3 is 0 Å². The molecule has 0 heterocycles. The number of nitrogens with one attached hydrogen (secondary N) is 1. The molecule has 0 saturated heterocycles. The van der Waals surface area contributed by atoms with Crippen LogP contribution in [0.4, 0.5) is 5.69 Å². The second kappa shape index (κ2) is 5.40. The van der Waals surface area contributed by atoms with E-state index in [2.05, 4.69) is 37.4 Å². The molecule has 1 saturated carbocycles. The van der Waals surface area contributed by atoms with Gasteiger partial charge in [0.15, 0.2) is 0 Å². The molecule has 1 aromatic rings. The summed E-state index contributed by atoms with van der Waals surface area (Å²) in [6.07, 6.45) is 8.62. The molecule has 1 fully saturated rings. The first-order valence-corrected chi connectivity index (χ1v) is 8.20. The van der Waals surface area contributed by atoms with Crippen molar-refractivity contribution < 1.29 is 0 Å². The van der Waals surface area contributed by atoms with Crippen LogP contribution in [0, 0.1) is 0 Å². The van der Waals surface area contributed by atoms with Crippen molar-refractivity contribution in [3.63, 3.8) is 0 Å². The van der Waals surface area contributed by atoms with E-state index < -0.39 is 0 Å². The van der Waals surface area contributed by atoms with Crippen LogP contribution in [0.5, 0.6) is 0 Å². The van der Waals surface area contributed by atoms with Gasteiger partial charge in [0.2, 0.25) is 0 Å². The van der Waals surface area contributed by atoms with E-state index in [1.165, 1.54) is 37.8 Å². The van der Waals surface area contributed by atoms with E-state index in [-0.39, 0.29) is 0 Å². The normalized spacial score (nSPS) is 28.8. The molecule has 20 heavy (non-hydrogen) atoms. The number of rotatable bonds is 2. The van der Waals surface area contributed by atoms with Gasteiger partial charge in [0.1, 0.15) is 0 Å². The molecule has 2 aliphatic rings. The summed E-state index contributed by atoms with van der Waals surface area (Å²) >= 11 is 0. The zero-order valence-corrected chi connectivity index (χ0v) is 12.9. The lowest BCUT2D eigenvalue weighted by Gasteiger charge is -2.33. The Kier molecular flexibility index (Phi) is 3.76. The fraction of sp³-hybridized carbons (Fsp3) is 0.667. The van der Waals surface area contributed by atoms with E-state index in [1.807, 2.05) is 0 Å². The minimum atomic E-state index is 0.351. The Labute approximate surface area is 123 Å². The average Bonchev–Trinajstić information content (AvgIpc) is 2.41. The van der Waals surface area contributed by atoms with Gasteiger partial charge < -0.3 is 11.1 Å². The third-order valence-corrected chi connectivity index (χ3v) is 5.22. The van der Waals surface area contributed by atoms with Gasteiger partial charge in [0.05, 0.1) is 0 Å². The fourth-order valence-electron chi connectivity index (χ4n) is 3.91. The smallest absolute Gasteiger partial charge is 0.0345 e. The molecule has 0 atom stereocenters. The summed E-state index contributed by atoms with van der Waals surface area (Å²) in [4.78, 5) is 0. The highest BCUT2D eigenvalue weighted by Crippen LogP contribution is 2.38. The molecule has 0 aliphatic heterocycles. The van der Waals surface area contributed by atoms with Crippen LogP contribution in [0.15, 0.2) is 18.2 Å². The molecule has 2 nitrogen and oxygen atoms in total. The van der Waals surface area contributed by atoms with Gasteiger partial charge in [-0.2, -0.15) is 0 Å². The molecule has 0 spiro atoms. The molecule has 3 rings (SSSR count). The minimum Gasteiger partial charge on any atom is -0.382 e. The van der Waals surface area contributed by atoms with E-state index in [1.54, 1.807) is 11.1 Å². The summed E-state index contributed by atoms with van der Waals surface area (Å²) in [6, 6.07) is 8.07. The maximum Gasteiger partial charge on any atom is 0.0345 e. The topological polar surface area (TPSA) is 38.0 Å². The third kappa shape index (κ3) is 2.85. The molecular formula is C18H28N2. The number of fused-ring (bicyclic) bond motifs is 1. The predicted octanol–water partition coefficient (Wildman–Crippen LogP) is 3.98. The van der Waals surface area contributed by atoms with Gasteiger partial charge in [0.25, 0.3) is 0 Å². The summed E-state index contributed by atoms with van der Waals surface area (Å²) in [7, 11) is 0. The van der Waals surface area contributed by atoms with Crippen LogP contribution in [-0.2, 0) is 11.8 Å². The Morgan fingerprint density at radius 2 is 1.90 bits per heavy atom. The van der Waals surface area contributed by atoms with Gasteiger partial charge in [-0.1, -0.05) is 19.9 Å². The quantitative estimate of drug-likeness (QED) is 0.854. The van der Waals surface area contributed by atoms with Crippen molar-refractivity contribution in [2.75, 3.05) is 5.32 Å². The first kappa shape index (κ1) is 13.9. The highest BCUT2D eigenvalue weighted by molar-refractivity contribution is 5.52. The van der Waals surface area contributed by atoms with Crippen LogP contribution in [-0.4, -0.2) is 12.1 Å². The van der Waals surface area contributed by atoms with Crippen LogP contribution in [0.2, 0.25) is 0 Å². The Hall–Kier alpha value is -1.02. The lowest BCUT2D eigenvalue weighted by atomic mass is 9.73. The van der Waals surface area contributed by atoms with E-state index in [0.717, 1.165) is 12.8 Å². The Morgan fingerprint density at radius 3 is 2.65 bits per heavy atom. The number of anilines is 1. The van der Waals surface area contributed by atoms with Crippen molar-refractivity contribution in [3.05, 3.63) is 29.3 Å². The average molecular weight is 272 g/mol. The van der Waals surface area contributed by atoms with Crippen LogP contribution in [0.3, 0.4) is 0 Å². The minimum absolute atomic E-state index is 0.351. The largest absolute Gasteiger partial charge is 0.382 e. The maximum absolute atomic E-state index is 5.98. The zero-order chi connectivity index (χ0) is 14.2. The molecule has 2 heteroatoms. The standard InChI is InChI=1S/C18H28N2/c1-18(2)11-3-4-13-12-16(9-10-17(13)18)20-15-7-5-14(19)6-8-15/h9-10,12,14-15,20H,3-8,11,19H2,1-2H3. The molecular weight excluding hydrogens is 244 g/mol. The summed E-state index contributed by atoms with van der Waals surface area (Å²) in [5.41, 5.74) is 10.8. The number of nitrogens with two attached hydrogens (primary N) is 1. The molecule has 3 N–H and O–H groups in total. The summed E-state index contributed by atoms with van der Waals surface area (Å²) in [6.45, 7) is 4.75. The predicted molar refractivity (Wildman–Crippen MR) is 86.3 cm³/mol. The van der Waals surface area contributed by atoms with Crippen molar-refractivity contribution in [1.82, 2.24) is 0 Å². The zero-order valence-electron chi connectivity index (χ0n) is 12.9. The van der Waals surface area contributed by atoms with Gasteiger partial charge in [-0.05, 0) is 73.6 Å². The van der Waals surface area contributed by atoms with Crippen molar-refractivity contribution in [2.24, 2.45) is 5.73 Å². The van der Waals surface area contributed by atoms with Crippen molar-refractivity contribution >= 4 is 5.69 Å². The van der Waals surface area contributed by atoms with E-state index in [4.69, 9.17) is 5.73 Å². The third-order valence-electron chi connectivity index (χ3n) is 5.22. The second-order valence-corrected chi connectivity index (χ2v) is 7.37. The monoisotopic (exact) mass is 272 g/mol. The number of benzene rings is 1. The highest BCUT2D eigenvalue weighted by atomic mass is 14.9. The SMILES string of the molecule is CC1(C)CCCc2cc(NC3CCC(N)CC3)ccc21. The second-order valence-electron chi connectivity index (χ2n) is 7.37. The van der Waals surface area contributed by atoms with Gasteiger partial charge in [0, 0.05) is 17.8 Å². The Bertz CT molecular complexity index is 470. The molecule has 0 bridgehead atoms. The van der Waals surface area contributed by atoms with E-state index >= 15 is 0 Å². The van der Waals surface area contributed by atoms with Crippen LogP contribution in [0.1, 0.15) is 63.5 Å². The Balaban J connectivity index is 1.73. The van der Waals surface area contributed by atoms with Gasteiger partial charge in [-0.25, -0.2) is 0 Å². The van der Waals surface area contributed by atoms with Gasteiger partial charge in [-0.3, -0.25) is 0 Å². The van der Waals surface area contributed by atoms with Crippen LogP contribution < -0.4 is 11.1 Å². The molecule has 1 aromatic carbocycles. The summed E-state index contributed by atoms with van der Waals surface area (Å²) in [5, 5.41) is 3.72. The van der Waals surface area contributed by atoms with Crippen LogP contribution in [0.25, 0.3) is 0 Å². The number of hydrogen-bond acceptors (Lipinski definition) is 2. The van der Waals surface area contributed by atoms with Crippen molar-refractivity contribution in [3.8, 4) is 0 Å². The van der Waals surface area contributed by atoms with Crippen molar-refractivity contribution in [1.29, 1.82) is 0 Å². The molecule has 110 valence electrons. The lowest BCUT2D eigenvalue weighted by molar-refractivity contribution is 0.410. The summed E-state index contributed by atoms with van der Waals surface area (Å²) < 4.78 is 0. The first-order valence-electron chi connectivity index (χ1n) is 8.20. The van der Waals surface area contributed by atoms with Gasteiger partial charge in [-0.15, -0.1) is 0 Å². The lowest BCUT2D eigenvalue weighted by Crippen LogP contribution is -2.33. The number of aryl methyl sites for hydroxylation is 1.